The number of nitrogens with zero attached hydrogens (tertiary/aromatic N) is 4. The molecule has 0 spiro atoms. The van der Waals surface area contributed by atoms with Crippen LogP contribution in [0.15, 0.2) is 24.3 Å². The van der Waals surface area contributed by atoms with E-state index in [4.69, 9.17) is 0 Å². The van der Waals surface area contributed by atoms with Gasteiger partial charge < -0.3 is 9.88 Å². The van der Waals surface area contributed by atoms with Crippen LogP contribution in [0, 0.1) is 18.7 Å². The molecule has 1 saturated carbocycles. The summed E-state index contributed by atoms with van der Waals surface area (Å²) >= 11 is 0. The van der Waals surface area contributed by atoms with E-state index in [1.54, 1.807) is 6.07 Å². The van der Waals surface area contributed by atoms with E-state index in [-0.39, 0.29) is 43.4 Å². The van der Waals surface area contributed by atoms with Crippen LogP contribution in [0.25, 0.3) is 0 Å². The molecule has 3 fully saturated rings. The van der Waals surface area contributed by atoms with Gasteiger partial charge in [0, 0.05) is 49.3 Å². The number of hydrogen-bond donors (Lipinski definition) is 1. The maximum atomic E-state index is 14.1. The lowest BCUT2D eigenvalue weighted by Gasteiger charge is -2.40. The minimum atomic E-state index is -2.68. The fourth-order valence-electron chi connectivity index (χ4n) is 6.97. The van der Waals surface area contributed by atoms with Gasteiger partial charge in [-0.3, -0.25) is 9.69 Å². The highest BCUT2D eigenvalue weighted by Gasteiger charge is 2.42. The number of fused-ring (bicyclic) bond motifs is 2. The summed E-state index contributed by atoms with van der Waals surface area (Å²) in [5.74, 6) is -1.29. The molecule has 1 aliphatic carbocycles. The van der Waals surface area contributed by atoms with Crippen LogP contribution in [0.4, 0.5) is 13.2 Å². The van der Waals surface area contributed by atoms with Crippen molar-refractivity contribution in [2.75, 3.05) is 6.54 Å². The zero-order valence-electron chi connectivity index (χ0n) is 22.7. The van der Waals surface area contributed by atoms with Crippen LogP contribution in [0.2, 0.25) is 0 Å². The Labute approximate surface area is 223 Å². The molecule has 208 valence electrons. The van der Waals surface area contributed by atoms with E-state index in [0.29, 0.717) is 30.5 Å². The molecule has 1 amide bonds. The summed E-state index contributed by atoms with van der Waals surface area (Å²) in [6.07, 6.45) is 4.90. The molecule has 2 bridgehead atoms. The summed E-state index contributed by atoms with van der Waals surface area (Å²) in [5, 5.41) is 11.9. The smallest absolute Gasteiger partial charge is 0.248 e. The molecule has 9 heteroatoms. The number of carbonyl (C=O) groups is 1. The van der Waals surface area contributed by atoms with Crippen LogP contribution in [0.1, 0.15) is 107 Å². The highest BCUT2D eigenvalue weighted by Crippen LogP contribution is 2.42. The Morgan fingerprint density at radius 2 is 1.76 bits per heavy atom. The Morgan fingerprint density at radius 3 is 2.39 bits per heavy atom. The van der Waals surface area contributed by atoms with E-state index in [0.717, 1.165) is 49.4 Å². The minimum absolute atomic E-state index is 0.188. The van der Waals surface area contributed by atoms with Gasteiger partial charge in [-0.2, -0.15) is 0 Å². The molecular weight excluding hydrogens is 491 g/mol. The van der Waals surface area contributed by atoms with E-state index in [1.807, 2.05) is 13.0 Å². The Hall–Kier alpha value is -2.42. The zero-order valence-corrected chi connectivity index (χ0v) is 22.7. The molecule has 1 aromatic heterocycles. The molecule has 1 aromatic carbocycles. The third-order valence-corrected chi connectivity index (χ3v) is 8.97. The van der Waals surface area contributed by atoms with Crippen molar-refractivity contribution in [1.29, 1.82) is 0 Å². The fraction of sp³-hybridized carbons (Fsp3) is 0.690. The van der Waals surface area contributed by atoms with E-state index < -0.39 is 11.8 Å². The second-order valence-electron chi connectivity index (χ2n) is 11.9. The number of amides is 1. The number of halogens is 3. The third kappa shape index (κ3) is 5.77. The van der Waals surface area contributed by atoms with Gasteiger partial charge in [0.1, 0.15) is 17.5 Å². The molecule has 2 aliphatic heterocycles. The monoisotopic (exact) mass is 531 g/mol. The van der Waals surface area contributed by atoms with Crippen LogP contribution in [-0.4, -0.2) is 50.1 Å². The van der Waals surface area contributed by atoms with Gasteiger partial charge in [-0.25, -0.2) is 13.2 Å². The zero-order chi connectivity index (χ0) is 27.0. The molecule has 2 aromatic rings. The van der Waals surface area contributed by atoms with Gasteiger partial charge in [0.05, 0.1) is 6.04 Å². The van der Waals surface area contributed by atoms with Crippen molar-refractivity contribution in [2.45, 2.75) is 115 Å². The van der Waals surface area contributed by atoms with Gasteiger partial charge in [-0.15, -0.1) is 10.2 Å². The predicted octanol–water partition coefficient (Wildman–Crippen LogP) is 6.09. The number of piperidine rings is 1. The number of nitrogens with one attached hydrogen (secondary N) is 1. The summed E-state index contributed by atoms with van der Waals surface area (Å²) in [4.78, 5) is 15.7. The Kier molecular flexibility index (Phi) is 7.85. The maximum absolute atomic E-state index is 14.1. The number of aromatic nitrogens is 3. The fourth-order valence-corrected chi connectivity index (χ4v) is 6.97. The van der Waals surface area contributed by atoms with Gasteiger partial charge in [0.2, 0.25) is 11.8 Å². The van der Waals surface area contributed by atoms with Crippen molar-refractivity contribution in [3.63, 3.8) is 0 Å². The Morgan fingerprint density at radius 1 is 1.08 bits per heavy atom. The van der Waals surface area contributed by atoms with Crippen molar-refractivity contribution in [2.24, 2.45) is 5.92 Å². The summed E-state index contributed by atoms with van der Waals surface area (Å²) in [6.45, 7) is 7.14. The third-order valence-electron chi connectivity index (χ3n) is 8.97. The molecule has 5 rings (SSSR count). The normalized spacial score (nSPS) is 26.6. The largest absolute Gasteiger partial charge is 0.349 e. The number of aryl methyl sites for hydroxylation is 1. The number of alkyl halides is 2. The lowest BCUT2D eigenvalue weighted by molar-refractivity contribution is -0.130. The molecule has 38 heavy (non-hydrogen) atoms. The highest BCUT2D eigenvalue weighted by atomic mass is 19.3. The molecule has 1 N–H and O–H groups in total. The lowest BCUT2D eigenvalue weighted by Crippen LogP contribution is -2.45. The summed E-state index contributed by atoms with van der Waals surface area (Å²) in [6, 6.07) is 7.30. The van der Waals surface area contributed by atoms with E-state index in [1.165, 1.54) is 12.1 Å². The van der Waals surface area contributed by atoms with Gasteiger partial charge in [-0.05, 0) is 69.6 Å². The first-order valence-corrected chi connectivity index (χ1v) is 14.2. The van der Waals surface area contributed by atoms with Crippen LogP contribution < -0.4 is 5.32 Å². The van der Waals surface area contributed by atoms with E-state index in [9.17, 15) is 18.0 Å². The number of rotatable bonds is 8. The van der Waals surface area contributed by atoms with E-state index in [2.05, 4.69) is 38.8 Å². The number of hydrogen-bond acceptors (Lipinski definition) is 4. The van der Waals surface area contributed by atoms with Gasteiger partial charge in [0.25, 0.3) is 0 Å². The van der Waals surface area contributed by atoms with Gasteiger partial charge in [0.15, 0.2) is 0 Å². The summed E-state index contributed by atoms with van der Waals surface area (Å²) in [5.41, 5.74) is 0.725. The standard InChI is InChI=1S/C29H40F3N5O/c1-18(2)27-35-34-19(3)37(27)25-16-23-7-8-24(17-25)36(23)14-11-26(21-5-4-6-22(30)15-21)33-28(38)20-9-12-29(31,32)13-10-20/h4-6,15,18,20,23-26H,7-14,16-17H2,1-3H3,(H,33,38)/t23?,24?,25?,26-/m0/s1. The molecule has 3 aliphatic rings. The Bertz CT molecular complexity index is 1110. The first-order valence-electron chi connectivity index (χ1n) is 14.2. The van der Waals surface area contributed by atoms with Crippen molar-refractivity contribution < 1.29 is 18.0 Å². The lowest BCUT2D eigenvalue weighted by atomic mass is 9.86. The molecule has 2 saturated heterocycles. The summed E-state index contributed by atoms with van der Waals surface area (Å²) in [7, 11) is 0. The van der Waals surface area contributed by atoms with Crippen molar-refractivity contribution in [3.8, 4) is 0 Å². The van der Waals surface area contributed by atoms with Crippen molar-refractivity contribution >= 4 is 5.91 Å². The number of benzene rings is 1. The van der Waals surface area contributed by atoms with Crippen molar-refractivity contribution in [3.05, 3.63) is 47.3 Å². The molecule has 2 unspecified atom stereocenters. The van der Waals surface area contributed by atoms with Crippen LogP contribution in [-0.2, 0) is 4.79 Å². The highest BCUT2D eigenvalue weighted by molar-refractivity contribution is 5.79. The first kappa shape index (κ1) is 27.2. The first-order chi connectivity index (χ1) is 18.1. The number of carbonyl (C=O) groups excluding carboxylic acids is 1. The molecular formula is C29H40F3N5O. The second-order valence-corrected chi connectivity index (χ2v) is 11.9. The van der Waals surface area contributed by atoms with Crippen LogP contribution >= 0.6 is 0 Å². The average molecular weight is 532 g/mol. The quantitative estimate of drug-likeness (QED) is 0.448. The minimum Gasteiger partial charge on any atom is -0.349 e. The molecule has 3 atom stereocenters. The average Bonchev–Trinajstić information content (AvgIpc) is 3.36. The topological polar surface area (TPSA) is 63.1 Å². The van der Waals surface area contributed by atoms with Crippen molar-refractivity contribution in [1.82, 2.24) is 25.0 Å². The maximum Gasteiger partial charge on any atom is 0.248 e. The Balaban J connectivity index is 1.26. The summed E-state index contributed by atoms with van der Waals surface area (Å²) < 4.78 is 43.7. The van der Waals surface area contributed by atoms with Crippen LogP contribution in [0.3, 0.4) is 0 Å². The predicted molar refractivity (Wildman–Crippen MR) is 139 cm³/mol. The molecule has 6 nitrogen and oxygen atoms in total. The van der Waals surface area contributed by atoms with Gasteiger partial charge in [-0.1, -0.05) is 26.0 Å². The second kappa shape index (κ2) is 11.0. The van der Waals surface area contributed by atoms with Gasteiger partial charge >= 0.3 is 0 Å². The SMILES string of the molecule is Cc1nnc(C(C)C)n1C1CC2CCC(C1)N2CC[C@H](NC(=O)C1CCC(F)(F)CC1)c1cccc(F)c1. The van der Waals surface area contributed by atoms with E-state index >= 15 is 0 Å². The van der Waals surface area contributed by atoms with Crippen LogP contribution in [0.5, 0.6) is 0 Å². The molecule has 3 heterocycles. The molecule has 0 radical (unpaired) electrons.